The summed E-state index contributed by atoms with van der Waals surface area (Å²) in [5.41, 5.74) is 2.71. The zero-order valence-corrected chi connectivity index (χ0v) is 14.9. The maximum Gasteiger partial charge on any atom is 0.270 e. The minimum atomic E-state index is -0.146. The van der Waals surface area contributed by atoms with Gasteiger partial charge >= 0.3 is 0 Å². The van der Waals surface area contributed by atoms with Gasteiger partial charge in [-0.25, -0.2) is 0 Å². The van der Waals surface area contributed by atoms with E-state index in [0.717, 1.165) is 11.3 Å². The molecule has 0 saturated carbocycles. The number of rotatable bonds is 3. The van der Waals surface area contributed by atoms with Crippen LogP contribution < -0.4 is 9.80 Å². The second-order valence-electron chi connectivity index (χ2n) is 5.52. The third-order valence-corrected chi connectivity index (χ3v) is 4.91. The highest BCUT2D eigenvalue weighted by molar-refractivity contribution is 8.27. The number of amides is 1. The number of nitrogens with zero attached hydrogens (tertiary/aromatic N) is 2. The molecule has 1 fully saturated rings. The van der Waals surface area contributed by atoms with Crippen molar-refractivity contribution in [3.05, 3.63) is 59.0 Å². The third kappa shape index (κ3) is 3.29. The molecule has 24 heavy (non-hydrogen) atoms. The molecule has 2 aromatic rings. The van der Waals surface area contributed by atoms with E-state index in [1.165, 1.54) is 28.8 Å². The van der Waals surface area contributed by atoms with Crippen LogP contribution in [0.4, 0.5) is 11.4 Å². The van der Waals surface area contributed by atoms with Gasteiger partial charge in [-0.3, -0.25) is 9.69 Å². The number of carbonyl (C=O) groups excluding carboxylic acids is 1. The van der Waals surface area contributed by atoms with Crippen molar-refractivity contribution in [3.8, 4) is 5.75 Å². The van der Waals surface area contributed by atoms with E-state index in [9.17, 15) is 9.90 Å². The fourth-order valence-electron chi connectivity index (χ4n) is 2.31. The van der Waals surface area contributed by atoms with Gasteiger partial charge in [0.15, 0.2) is 4.32 Å². The molecule has 0 radical (unpaired) electrons. The molecule has 3 rings (SSSR count). The standard InChI is InChI=1S/C18H16N2O2S2/c1-19(2)13-5-3-12(4-6-13)11-16-17(22)20(18(23)24-16)14-7-9-15(21)10-8-14/h3-11,21H,1-2H3/b16-11+. The maximum absolute atomic E-state index is 12.7. The highest BCUT2D eigenvalue weighted by Crippen LogP contribution is 2.36. The summed E-state index contributed by atoms with van der Waals surface area (Å²) < 4.78 is 0.488. The van der Waals surface area contributed by atoms with Gasteiger partial charge in [0.25, 0.3) is 5.91 Å². The summed E-state index contributed by atoms with van der Waals surface area (Å²) in [5.74, 6) is 0.00749. The normalized spacial score (nSPS) is 16.1. The summed E-state index contributed by atoms with van der Waals surface area (Å²) in [4.78, 5) is 16.8. The molecule has 2 aromatic carbocycles. The largest absolute Gasteiger partial charge is 0.508 e. The molecule has 0 atom stereocenters. The van der Waals surface area contributed by atoms with Gasteiger partial charge in [0.1, 0.15) is 5.75 Å². The lowest BCUT2D eigenvalue weighted by atomic mass is 10.2. The average Bonchev–Trinajstić information content (AvgIpc) is 2.83. The zero-order chi connectivity index (χ0) is 17.3. The predicted octanol–water partition coefficient (Wildman–Crippen LogP) is 3.86. The molecule has 0 aliphatic carbocycles. The van der Waals surface area contributed by atoms with E-state index in [1.54, 1.807) is 12.1 Å². The predicted molar refractivity (Wildman–Crippen MR) is 105 cm³/mol. The number of thiocarbonyl (C=S) groups is 1. The average molecular weight is 356 g/mol. The summed E-state index contributed by atoms with van der Waals surface area (Å²) in [5, 5.41) is 9.38. The number of carbonyl (C=O) groups is 1. The van der Waals surface area contributed by atoms with Crippen molar-refractivity contribution in [2.45, 2.75) is 0 Å². The van der Waals surface area contributed by atoms with Gasteiger partial charge in [0, 0.05) is 19.8 Å². The van der Waals surface area contributed by atoms with Crippen LogP contribution in [0.5, 0.6) is 5.75 Å². The Hall–Kier alpha value is -2.31. The lowest BCUT2D eigenvalue weighted by molar-refractivity contribution is -0.113. The van der Waals surface area contributed by atoms with Gasteiger partial charge in [0.05, 0.1) is 10.6 Å². The molecule has 1 N–H and O–H groups in total. The summed E-state index contributed by atoms with van der Waals surface area (Å²) in [6, 6.07) is 14.4. The van der Waals surface area contributed by atoms with Gasteiger partial charge in [-0.2, -0.15) is 0 Å². The number of aromatic hydroxyl groups is 1. The molecule has 0 bridgehead atoms. The summed E-state index contributed by atoms with van der Waals surface area (Å²) in [6.07, 6.45) is 1.85. The number of hydrogen-bond donors (Lipinski definition) is 1. The molecule has 4 nitrogen and oxygen atoms in total. The monoisotopic (exact) mass is 356 g/mol. The van der Waals surface area contributed by atoms with E-state index in [2.05, 4.69) is 0 Å². The quantitative estimate of drug-likeness (QED) is 0.668. The number of anilines is 2. The first-order valence-electron chi connectivity index (χ1n) is 7.30. The Balaban J connectivity index is 1.86. The van der Waals surface area contributed by atoms with Crippen LogP contribution in [0.1, 0.15) is 5.56 Å². The number of thioether (sulfide) groups is 1. The van der Waals surface area contributed by atoms with E-state index in [0.29, 0.717) is 14.9 Å². The van der Waals surface area contributed by atoms with Crippen LogP contribution >= 0.6 is 24.0 Å². The fraction of sp³-hybridized carbons (Fsp3) is 0.111. The van der Waals surface area contributed by atoms with Crippen LogP contribution in [0.2, 0.25) is 0 Å². The summed E-state index contributed by atoms with van der Waals surface area (Å²) >= 11 is 6.62. The van der Waals surface area contributed by atoms with Crippen molar-refractivity contribution in [2.75, 3.05) is 23.9 Å². The van der Waals surface area contributed by atoms with Gasteiger partial charge in [-0.1, -0.05) is 36.1 Å². The molecule has 0 aromatic heterocycles. The van der Waals surface area contributed by atoms with Crippen LogP contribution in [-0.4, -0.2) is 29.4 Å². The van der Waals surface area contributed by atoms with E-state index in [1.807, 2.05) is 49.3 Å². The van der Waals surface area contributed by atoms with Gasteiger partial charge in [-0.15, -0.1) is 0 Å². The van der Waals surface area contributed by atoms with Gasteiger partial charge < -0.3 is 10.0 Å². The Morgan fingerprint density at radius 1 is 1.08 bits per heavy atom. The minimum Gasteiger partial charge on any atom is -0.508 e. The van der Waals surface area contributed by atoms with Crippen molar-refractivity contribution >= 4 is 51.7 Å². The Labute approximate surface area is 150 Å². The first-order valence-corrected chi connectivity index (χ1v) is 8.52. The Morgan fingerprint density at radius 2 is 1.71 bits per heavy atom. The third-order valence-electron chi connectivity index (χ3n) is 3.61. The number of phenolic OH excluding ortho intramolecular Hbond substituents is 1. The van der Waals surface area contributed by atoms with E-state index < -0.39 is 0 Å². The van der Waals surface area contributed by atoms with Crippen molar-refractivity contribution in [1.29, 1.82) is 0 Å². The van der Waals surface area contributed by atoms with Crippen LogP contribution in [0.15, 0.2) is 53.4 Å². The molecule has 1 heterocycles. The molecule has 0 unspecified atom stereocenters. The highest BCUT2D eigenvalue weighted by atomic mass is 32.2. The first-order chi connectivity index (χ1) is 11.5. The SMILES string of the molecule is CN(C)c1ccc(/C=C2/SC(=S)N(c3ccc(O)cc3)C2=O)cc1. The Bertz CT molecular complexity index is 812. The van der Waals surface area contributed by atoms with Crippen molar-refractivity contribution in [1.82, 2.24) is 0 Å². The molecule has 1 saturated heterocycles. The minimum absolute atomic E-state index is 0.146. The Kier molecular flexibility index (Phi) is 4.59. The second-order valence-corrected chi connectivity index (χ2v) is 7.20. The highest BCUT2D eigenvalue weighted by Gasteiger charge is 2.33. The van der Waals surface area contributed by atoms with E-state index >= 15 is 0 Å². The van der Waals surface area contributed by atoms with E-state index in [4.69, 9.17) is 12.2 Å². The first kappa shape index (κ1) is 16.5. The van der Waals surface area contributed by atoms with Crippen molar-refractivity contribution in [3.63, 3.8) is 0 Å². The van der Waals surface area contributed by atoms with Crippen LogP contribution in [0.3, 0.4) is 0 Å². The second kappa shape index (κ2) is 6.67. The number of phenols is 1. The smallest absolute Gasteiger partial charge is 0.270 e. The lowest BCUT2D eigenvalue weighted by Gasteiger charge is -2.14. The van der Waals surface area contributed by atoms with Crippen molar-refractivity contribution < 1.29 is 9.90 Å². The molecule has 1 amide bonds. The molecule has 1 aliphatic rings. The van der Waals surface area contributed by atoms with E-state index in [-0.39, 0.29) is 11.7 Å². The van der Waals surface area contributed by atoms with Gasteiger partial charge in [0.2, 0.25) is 0 Å². The topological polar surface area (TPSA) is 43.8 Å². The molecule has 6 heteroatoms. The molecule has 1 aliphatic heterocycles. The number of hydrogen-bond acceptors (Lipinski definition) is 5. The van der Waals surface area contributed by atoms with Crippen molar-refractivity contribution in [2.24, 2.45) is 0 Å². The maximum atomic E-state index is 12.7. The van der Waals surface area contributed by atoms with Crippen LogP contribution in [-0.2, 0) is 4.79 Å². The number of benzene rings is 2. The lowest BCUT2D eigenvalue weighted by Crippen LogP contribution is -2.27. The molecule has 0 spiro atoms. The molecule has 122 valence electrons. The van der Waals surface area contributed by atoms with Crippen LogP contribution in [0, 0.1) is 0 Å². The molecular weight excluding hydrogens is 340 g/mol. The zero-order valence-electron chi connectivity index (χ0n) is 13.3. The molecular formula is C18H16N2O2S2. The van der Waals surface area contributed by atoms with Gasteiger partial charge in [-0.05, 0) is 48.0 Å². The summed E-state index contributed by atoms with van der Waals surface area (Å²) in [7, 11) is 3.97. The van der Waals surface area contributed by atoms with Crippen LogP contribution in [0.25, 0.3) is 6.08 Å². The fourth-order valence-corrected chi connectivity index (χ4v) is 3.61. The summed E-state index contributed by atoms with van der Waals surface area (Å²) in [6.45, 7) is 0. The Morgan fingerprint density at radius 3 is 2.29 bits per heavy atom.